The first-order chi connectivity index (χ1) is 7.02. The Balaban J connectivity index is 2.23. The van der Waals surface area contributed by atoms with E-state index >= 15 is 0 Å². The summed E-state index contributed by atoms with van der Waals surface area (Å²) in [5.41, 5.74) is 6.33. The minimum atomic E-state index is -0.0733. The highest BCUT2D eigenvalue weighted by atomic mass is 16.2. The van der Waals surface area contributed by atoms with Gasteiger partial charge in [-0.1, -0.05) is 12.8 Å². The van der Waals surface area contributed by atoms with Gasteiger partial charge in [-0.2, -0.15) is 0 Å². The Morgan fingerprint density at radius 2 is 2.20 bits per heavy atom. The molecule has 1 saturated carbocycles. The Morgan fingerprint density at radius 1 is 1.47 bits per heavy atom. The first-order valence-corrected chi connectivity index (χ1v) is 6.07. The second kappa shape index (κ2) is 3.82. The van der Waals surface area contributed by atoms with Crippen molar-refractivity contribution in [2.75, 3.05) is 7.05 Å². The number of carbonyl (C=O) groups is 1. The molecule has 3 nitrogen and oxygen atoms in total. The monoisotopic (exact) mass is 208 g/mol. The molecule has 1 saturated heterocycles. The van der Waals surface area contributed by atoms with Crippen LogP contribution in [0.25, 0.3) is 0 Å². The van der Waals surface area contributed by atoms with E-state index in [9.17, 15) is 4.79 Å². The van der Waals surface area contributed by atoms with Gasteiger partial charge in [0.1, 0.15) is 7.85 Å². The normalized spacial score (nSPS) is 42.3. The molecule has 0 radical (unpaired) electrons. The van der Waals surface area contributed by atoms with Crippen molar-refractivity contribution < 1.29 is 4.79 Å². The number of nitrogens with zero attached hydrogens (tertiary/aromatic N) is 1. The fraction of sp³-hybridized carbons (Fsp3) is 0.909. The summed E-state index contributed by atoms with van der Waals surface area (Å²) in [5.74, 6) is 0.802. The van der Waals surface area contributed by atoms with Gasteiger partial charge in [0.25, 0.3) is 0 Å². The van der Waals surface area contributed by atoms with Crippen LogP contribution in [0.2, 0.25) is 0 Å². The van der Waals surface area contributed by atoms with Crippen molar-refractivity contribution in [2.45, 2.75) is 50.0 Å². The van der Waals surface area contributed by atoms with E-state index in [1.165, 1.54) is 12.8 Å². The molecule has 1 amide bonds. The van der Waals surface area contributed by atoms with E-state index in [2.05, 4.69) is 7.85 Å². The Kier molecular flexibility index (Phi) is 2.80. The predicted molar refractivity (Wildman–Crippen MR) is 63.2 cm³/mol. The van der Waals surface area contributed by atoms with Gasteiger partial charge in [-0.25, -0.2) is 0 Å². The van der Waals surface area contributed by atoms with Gasteiger partial charge in [0.2, 0.25) is 5.91 Å². The van der Waals surface area contributed by atoms with E-state index in [4.69, 9.17) is 5.73 Å². The summed E-state index contributed by atoms with van der Waals surface area (Å²) in [6.07, 6.45) is 6.34. The number of hydrogen-bond donors (Lipinski definition) is 1. The van der Waals surface area contributed by atoms with Crippen molar-refractivity contribution in [3.8, 4) is 0 Å². The van der Waals surface area contributed by atoms with Crippen molar-refractivity contribution >= 4 is 13.8 Å². The number of amides is 1. The van der Waals surface area contributed by atoms with Gasteiger partial charge in [0, 0.05) is 19.5 Å². The largest absolute Gasteiger partial charge is 0.342 e. The van der Waals surface area contributed by atoms with Gasteiger partial charge >= 0.3 is 0 Å². The minimum absolute atomic E-state index is 0.0733. The van der Waals surface area contributed by atoms with Crippen LogP contribution in [-0.2, 0) is 4.79 Å². The summed E-state index contributed by atoms with van der Waals surface area (Å²) in [5, 5.41) is 0. The second-order valence-corrected chi connectivity index (χ2v) is 5.47. The number of rotatable bonds is 0. The Bertz CT molecular complexity index is 267. The molecule has 84 valence electrons. The molecule has 1 aliphatic heterocycles. The molecule has 2 aliphatic rings. The van der Waals surface area contributed by atoms with Crippen LogP contribution in [0.5, 0.6) is 0 Å². The van der Waals surface area contributed by atoms with E-state index in [0.29, 0.717) is 24.3 Å². The highest BCUT2D eigenvalue weighted by Gasteiger charge is 2.43. The van der Waals surface area contributed by atoms with Crippen LogP contribution >= 0.6 is 0 Å². The van der Waals surface area contributed by atoms with Crippen LogP contribution in [0.1, 0.15) is 38.5 Å². The average Bonchev–Trinajstić information content (AvgIpc) is 2.32. The maximum absolute atomic E-state index is 11.7. The lowest BCUT2D eigenvalue weighted by Crippen LogP contribution is -2.58. The fourth-order valence-electron chi connectivity index (χ4n) is 3.31. The lowest BCUT2D eigenvalue weighted by atomic mass is 9.62. The van der Waals surface area contributed by atoms with Gasteiger partial charge in [-0.15, -0.1) is 0 Å². The third-order valence-electron chi connectivity index (χ3n) is 4.34. The number of hydrogen-bond acceptors (Lipinski definition) is 2. The summed E-state index contributed by atoms with van der Waals surface area (Å²) in [6, 6.07) is 0.392. The zero-order chi connectivity index (χ0) is 11.1. The molecule has 15 heavy (non-hydrogen) atoms. The van der Waals surface area contributed by atoms with Crippen molar-refractivity contribution in [3.63, 3.8) is 0 Å². The minimum Gasteiger partial charge on any atom is -0.342 e. The molecule has 1 aliphatic carbocycles. The fourth-order valence-corrected chi connectivity index (χ4v) is 3.31. The molecule has 0 spiro atoms. The molecule has 0 aromatic heterocycles. The number of likely N-dealkylation sites (tertiary alicyclic amines) is 1. The summed E-state index contributed by atoms with van der Waals surface area (Å²) in [7, 11) is 4.11. The maximum Gasteiger partial charge on any atom is 0.222 e. The van der Waals surface area contributed by atoms with E-state index < -0.39 is 0 Å². The molecule has 2 rings (SSSR count). The Morgan fingerprint density at radius 3 is 2.93 bits per heavy atom. The SMILES string of the molecule is BC1(N)CCCCC2C1CCC(=O)N2C. The van der Waals surface area contributed by atoms with E-state index in [0.717, 1.165) is 19.3 Å². The summed E-state index contributed by atoms with van der Waals surface area (Å²) in [6.45, 7) is 0. The highest BCUT2D eigenvalue weighted by Crippen LogP contribution is 2.37. The Hall–Kier alpha value is -0.505. The zero-order valence-corrected chi connectivity index (χ0v) is 9.83. The zero-order valence-electron chi connectivity index (χ0n) is 9.83. The third kappa shape index (κ3) is 1.92. The van der Waals surface area contributed by atoms with Crippen LogP contribution in [0.15, 0.2) is 0 Å². The standard InChI is InChI=1S/C11H21BN2O/c1-14-9-4-2-3-7-11(12,13)8(9)5-6-10(14)15/h8-9H,2-7,12-13H2,1H3. The van der Waals surface area contributed by atoms with Crippen molar-refractivity contribution in [1.82, 2.24) is 4.90 Å². The van der Waals surface area contributed by atoms with Gasteiger partial charge < -0.3 is 10.6 Å². The number of nitrogens with two attached hydrogens (primary N) is 1. The molecular formula is C11H21BN2O. The summed E-state index contributed by atoms with van der Waals surface area (Å²) < 4.78 is 0. The molecule has 3 atom stereocenters. The quantitative estimate of drug-likeness (QED) is 0.573. The lowest BCUT2D eigenvalue weighted by molar-refractivity contribution is -0.137. The molecule has 2 N–H and O–H groups in total. The molecule has 2 fully saturated rings. The van der Waals surface area contributed by atoms with Crippen LogP contribution in [0.3, 0.4) is 0 Å². The third-order valence-corrected chi connectivity index (χ3v) is 4.34. The molecule has 0 aromatic rings. The average molecular weight is 208 g/mol. The van der Waals surface area contributed by atoms with Crippen LogP contribution in [-0.4, -0.2) is 37.2 Å². The van der Waals surface area contributed by atoms with Crippen LogP contribution in [0.4, 0.5) is 0 Å². The van der Waals surface area contributed by atoms with E-state index in [1.807, 2.05) is 11.9 Å². The second-order valence-electron chi connectivity index (χ2n) is 5.47. The van der Waals surface area contributed by atoms with Gasteiger partial charge in [-0.3, -0.25) is 4.79 Å². The predicted octanol–water partition coefficient (Wildman–Crippen LogP) is 0.0855. The number of fused-ring (bicyclic) bond motifs is 1. The number of piperidine rings is 1. The number of carbonyl (C=O) groups excluding carboxylic acids is 1. The molecular weight excluding hydrogens is 187 g/mol. The van der Waals surface area contributed by atoms with Gasteiger partial charge in [-0.05, 0) is 30.6 Å². The van der Waals surface area contributed by atoms with Gasteiger partial charge in [0.05, 0.1) is 0 Å². The van der Waals surface area contributed by atoms with Crippen molar-refractivity contribution in [2.24, 2.45) is 11.7 Å². The van der Waals surface area contributed by atoms with E-state index in [1.54, 1.807) is 0 Å². The summed E-state index contributed by atoms with van der Waals surface area (Å²) >= 11 is 0. The molecule has 4 heteroatoms. The van der Waals surface area contributed by atoms with Crippen molar-refractivity contribution in [3.05, 3.63) is 0 Å². The topological polar surface area (TPSA) is 46.3 Å². The first-order valence-electron chi connectivity index (χ1n) is 6.07. The first kappa shape index (κ1) is 11.0. The lowest BCUT2D eigenvalue weighted by Gasteiger charge is -2.45. The highest BCUT2D eigenvalue weighted by molar-refractivity contribution is 6.15. The van der Waals surface area contributed by atoms with Crippen molar-refractivity contribution in [1.29, 1.82) is 0 Å². The maximum atomic E-state index is 11.7. The molecule has 0 aromatic carbocycles. The molecule has 0 bridgehead atoms. The van der Waals surface area contributed by atoms with E-state index in [-0.39, 0.29) is 5.44 Å². The summed E-state index contributed by atoms with van der Waals surface area (Å²) in [4.78, 5) is 13.6. The van der Waals surface area contributed by atoms with Crippen LogP contribution < -0.4 is 5.73 Å². The Labute approximate surface area is 92.8 Å². The molecule has 3 unspecified atom stereocenters. The van der Waals surface area contributed by atoms with Crippen LogP contribution in [0, 0.1) is 5.92 Å². The van der Waals surface area contributed by atoms with Gasteiger partial charge in [0.15, 0.2) is 0 Å². The molecule has 1 heterocycles. The smallest absolute Gasteiger partial charge is 0.222 e.